The number of anilines is 1. The van der Waals surface area contributed by atoms with Crippen LogP contribution in [-0.2, 0) is 5.54 Å². The van der Waals surface area contributed by atoms with E-state index in [-0.39, 0.29) is 23.0 Å². The van der Waals surface area contributed by atoms with Crippen LogP contribution in [0.25, 0.3) is 0 Å². The van der Waals surface area contributed by atoms with Crippen LogP contribution in [0.15, 0.2) is 54.6 Å². The smallest absolute Gasteiger partial charge is 0.325 e. The van der Waals surface area contributed by atoms with Gasteiger partial charge in [-0.25, -0.2) is 4.79 Å². The van der Waals surface area contributed by atoms with Gasteiger partial charge in [-0.1, -0.05) is 36.8 Å². The van der Waals surface area contributed by atoms with Gasteiger partial charge in [0.15, 0.2) is 0 Å². The van der Waals surface area contributed by atoms with E-state index in [0.29, 0.717) is 11.5 Å². The van der Waals surface area contributed by atoms with Crippen molar-refractivity contribution in [2.45, 2.75) is 56.0 Å². The molecule has 0 bridgehead atoms. The van der Waals surface area contributed by atoms with E-state index in [9.17, 15) is 9.59 Å². The molecule has 6 heteroatoms. The lowest BCUT2D eigenvalue weighted by atomic mass is 9.68. The second kappa shape index (κ2) is 9.55. The van der Waals surface area contributed by atoms with Gasteiger partial charge in [0.2, 0.25) is 0 Å². The number of carbonyl (C=O) groups is 2. The summed E-state index contributed by atoms with van der Waals surface area (Å²) in [5.74, 6) is 0.603. The molecular formula is C30H40N4O2. The van der Waals surface area contributed by atoms with Crippen molar-refractivity contribution >= 4 is 17.6 Å². The van der Waals surface area contributed by atoms with Gasteiger partial charge >= 0.3 is 6.03 Å². The zero-order valence-electron chi connectivity index (χ0n) is 22.2. The Morgan fingerprint density at radius 2 is 1.56 bits per heavy atom. The first-order valence-electron chi connectivity index (χ1n) is 13.4. The van der Waals surface area contributed by atoms with Crippen molar-refractivity contribution in [1.29, 1.82) is 0 Å². The molecule has 1 spiro atoms. The summed E-state index contributed by atoms with van der Waals surface area (Å²) in [5, 5.41) is 0. The fourth-order valence-corrected chi connectivity index (χ4v) is 6.54. The predicted molar refractivity (Wildman–Crippen MR) is 144 cm³/mol. The molecule has 0 aromatic heterocycles. The Hall–Kier alpha value is -2.86. The Morgan fingerprint density at radius 3 is 2.08 bits per heavy atom. The van der Waals surface area contributed by atoms with Crippen LogP contribution in [0, 0.1) is 5.92 Å². The van der Waals surface area contributed by atoms with Crippen LogP contribution in [0.1, 0.15) is 60.9 Å². The molecule has 2 aromatic carbocycles. The van der Waals surface area contributed by atoms with Crippen LogP contribution in [0.2, 0.25) is 0 Å². The lowest BCUT2D eigenvalue weighted by molar-refractivity contribution is 0.0172. The number of nitrogens with zero attached hydrogens (tertiary/aromatic N) is 4. The van der Waals surface area contributed by atoms with Crippen LogP contribution < -0.4 is 4.90 Å². The first-order chi connectivity index (χ1) is 17.3. The summed E-state index contributed by atoms with van der Waals surface area (Å²) >= 11 is 0. The Bertz CT molecular complexity index is 1080. The minimum Gasteiger partial charge on any atom is -0.345 e. The van der Waals surface area contributed by atoms with Gasteiger partial charge in [0, 0.05) is 37.4 Å². The number of carbonyl (C=O) groups excluding carboxylic acids is 2. The molecule has 5 rings (SSSR count). The quantitative estimate of drug-likeness (QED) is 0.562. The van der Waals surface area contributed by atoms with Crippen molar-refractivity contribution in [1.82, 2.24) is 14.7 Å². The van der Waals surface area contributed by atoms with E-state index >= 15 is 0 Å². The molecule has 2 saturated carbocycles. The normalized spacial score (nSPS) is 26.5. The SMILES string of the molecule is CN(C)C(=O)c1ccc(N2C[C@]3(CC[C@](c4ccccc4)(N(C)C)CC3)N(CC3CCC3)C2=O)cc1. The first-order valence-corrected chi connectivity index (χ1v) is 13.4. The van der Waals surface area contributed by atoms with Crippen molar-refractivity contribution in [3.63, 3.8) is 0 Å². The van der Waals surface area contributed by atoms with Crippen LogP contribution >= 0.6 is 0 Å². The van der Waals surface area contributed by atoms with Crippen molar-refractivity contribution in [3.8, 4) is 0 Å². The number of hydrogen-bond donors (Lipinski definition) is 0. The molecule has 2 aromatic rings. The minimum atomic E-state index is -0.140. The number of amides is 3. The van der Waals surface area contributed by atoms with Gasteiger partial charge in [-0.05, 0) is 88.4 Å². The zero-order valence-corrected chi connectivity index (χ0v) is 22.2. The summed E-state index contributed by atoms with van der Waals surface area (Å²) in [6, 6.07) is 18.6. The molecule has 6 nitrogen and oxygen atoms in total. The van der Waals surface area contributed by atoms with Crippen molar-refractivity contribution in [3.05, 3.63) is 65.7 Å². The predicted octanol–water partition coefficient (Wildman–Crippen LogP) is 5.20. The second-order valence-electron chi connectivity index (χ2n) is 11.5. The molecule has 36 heavy (non-hydrogen) atoms. The van der Waals surface area contributed by atoms with Crippen LogP contribution in [0.4, 0.5) is 10.5 Å². The van der Waals surface area contributed by atoms with Gasteiger partial charge in [-0.2, -0.15) is 0 Å². The highest BCUT2D eigenvalue weighted by molar-refractivity contribution is 5.97. The van der Waals surface area contributed by atoms with E-state index < -0.39 is 0 Å². The Labute approximate surface area is 215 Å². The van der Waals surface area contributed by atoms with Gasteiger partial charge in [0.05, 0.1) is 12.1 Å². The molecule has 3 amide bonds. The minimum absolute atomic E-state index is 0.000688. The third-order valence-electron chi connectivity index (χ3n) is 9.16. The van der Waals surface area contributed by atoms with Crippen molar-refractivity contribution in [2.75, 3.05) is 46.2 Å². The first kappa shape index (κ1) is 24.8. The van der Waals surface area contributed by atoms with Crippen molar-refractivity contribution in [2.24, 2.45) is 5.92 Å². The van der Waals surface area contributed by atoms with E-state index in [1.165, 1.54) is 24.8 Å². The third kappa shape index (κ3) is 4.19. The van der Waals surface area contributed by atoms with Gasteiger partial charge in [-0.15, -0.1) is 0 Å². The fraction of sp³-hybridized carbons (Fsp3) is 0.533. The maximum absolute atomic E-state index is 13.9. The fourth-order valence-electron chi connectivity index (χ4n) is 6.54. The molecule has 0 N–H and O–H groups in total. The van der Waals surface area contributed by atoms with E-state index in [2.05, 4.69) is 54.2 Å². The molecule has 2 aliphatic carbocycles. The van der Waals surface area contributed by atoms with Gasteiger partial charge in [0.25, 0.3) is 5.91 Å². The van der Waals surface area contributed by atoms with Gasteiger partial charge in [0.1, 0.15) is 0 Å². The average molecular weight is 489 g/mol. The summed E-state index contributed by atoms with van der Waals surface area (Å²) in [5.41, 5.74) is 2.77. The van der Waals surface area contributed by atoms with Crippen LogP contribution in [0.3, 0.4) is 0 Å². The lowest BCUT2D eigenvalue weighted by Gasteiger charge is -2.51. The summed E-state index contributed by atoms with van der Waals surface area (Å²) in [6.45, 7) is 1.59. The maximum Gasteiger partial charge on any atom is 0.325 e. The molecule has 1 aliphatic heterocycles. The summed E-state index contributed by atoms with van der Waals surface area (Å²) < 4.78 is 0. The van der Waals surface area contributed by atoms with E-state index in [1.54, 1.807) is 19.0 Å². The molecule has 0 unspecified atom stereocenters. The standard InChI is InChI=1S/C30H40N4O2/c1-31(2)27(35)24-13-15-26(16-14-24)33-22-29(34(28(33)36)21-23-9-8-10-23)17-19-30(20-18-29,32(3)4)25-11-6-5-7-12-25/h5-7,11-16,23H,8-10,17-22H2,1-4H3/t29-,30+. The van der Waals surface area contributed by atoms with E-state index in [0.717, 1.165) is 44.5 Å². The largest absolute Gasteiger partial charge is 0.345 e. The molecular weight excluding hydrogens is 448 g/mol. The maximum atomic E-state index is 13.9. The number of hydrogen-bond acceptors (Lipinski definition) is 3. The summed E-state index contributed by atoms with van der Waals surface area (Å²) in [4.78, 5) is 34.4. The highest BCUT2D eigenvalue weighted by atomic mass is 16.2. The third-order valence-corrected chi connectivity index (χ3v) is 9.16. The number of rotatable bonds is 6. The highest BCUT2D eigenvalue weighted by Crippen LogP contribution is 2.50. The average Bonchev–Trinajstić information content (AvgIpc) is 3.12. The Kier molecular flexibility index (Phi) is 6.58. The molecule has 3 aliphatic rings. The highest BCUT2D eigenvalue weighted by Gasteiger charge is 2.55. The van der Waals surface area contributed by atoms with Crippen LogP contribution in [-0.4, -0.2) is 73.5 Å². The van der Waals surface area contributed by atoms with E-state index in [4.69, 9.17) is 0 Å². The molecule has 1 saturated heterocycles. The molecule has 0 atom stereocenters. The Balaban J connectivity index is 1.42. The summed E-state index contributed by atoms with van der Waals surface area (Å²) in [6.07, 6.45) is 7.78. The van der Waals surface area contributed by atoms with Gasteiger partial charge < -0.3 is 9.80 Å². The molecule has 1 heterocycles. The van der Waals surface area contributed by atoms with Crippen LogP contribution in [0.5, 0.6) is 0 Å². The monoisotopic (exact) mass is 488 g/mol. The number of benzene rings is 2. The molecule has 0 radical (unpaired) electrons. The zero-order chi connectivity index (χ0) is 25.5. The second-order valence-corrected chi connectivity index (χ2v) is 11.5. The molecule has 3 fully saturated rings. The topological polar surface area (TPSA) is 47.1 Å². The molecule has 192 valence electrons. The number of urea groups is 1. The summed E-state index contributed by atoms with van der Waals surface area (Å²) in [7, 11) is 7.91. The van der Waals surface area contributed by atoms with Gasteiger partial charge in [-0.3, -0.25) is 14.6 Å². The van der Waals surface area contributed by atoms with E-state index in [1.807, 2.05) is 29.2 Å². The lowest BCUT2D eigenvalue weighted by Crippen LogP contribution is -2.56. The van der Waals surface area contributed by atoms with Crippen molar-refractivity contribution < 1.29 is 9.59 Å². The Morgan fingerprint density at radius 1 is 0.917 bits per heavy atom.